The summed E-state index contributed by atoms with van der Waals surface area (Å²) < 4.78 is 5.81. The van der Waals surface area contributed by atoms with Crippen molar-refractivity contribution in [1.29, 1.82) is 0 Å². The van der Waals surface area contributed by atoms with Crippen LogP contribution in [0.2, 0.25) is 0 Å². The largest absolute Gasteiger partial charge is 0.492 e. The Hall–Kier alpha value is -1.58. The third-order valence-corrected chi connectivity index (χ3v) is 2.93. The van der Waals surface area contributed by atoms with E-state index in [1.54, 1.807) is 0 Å². The fourth-order valence-electron chi connectivity index (χ4n) is 1.93. The van der Waals surface area contributed by atoms with E-state index < -0.39 is 0 Å². The molecule has 0 saturated carbocycles. The maximum atomic E-state index is 5.81. The second-order valence-corrected chi connectivity index (χ2v) is 4.61. The number of rotatable bonds is 11. The van der Waals surface area contributed by atoms with Gasteiger partial charge in [-0.25, -0.2) is 0 Å². The first kappa shape index (κ1) is 16.5. The normalized spacial score (nSPS) is 10.5. The Labute approximate surface area is 122 Å². The molecule has 110 valence electrons. The van der Waals surface area contributed by atoms with Crippen LogP contribution in [0.15, 0.2) is 49.6 Å². The van der Waals surface area contributed by atoms with Crippen molar-refractivity contribution in [2.24, 2.45) is 0 Å². The van der Waals surface area contributed by atoms with E-state index in [-0.39, 0.29) is 0 Å². The Morgan fingerprint density at radius 3 is 2.65 bits per heavy atom. The van der Waals surface area contributed by atoms with Crippen molar-refractivity contribution >= 4 is 0 Å². The minimum atomic E-state index is 0.673. The molecule has 0 saturated heterocycles. The monoisotopic (exact) mass is 274 g/mol. The molecular formula is C17H26N2O. The Balaban J connectivity index is 2.40. The summed E-state index contributed by atoms with van der Waals surface area (Å²) >= 11 is 0. The maximum absolute atomic E-state index is 5.81. The van der Waals surface area contributed by atoms with Crippen LogP contribution in [0.1, 0.15) is 12.5 Å². The molecule has 0 fully saturated rings. The molecule has 1 aromatic carbocycles. The summed E-state index contributed by atoms with van der Waals surface area (Å²) in [6, 6.07) is 8.24. The summed E-state index contributed by atoms with van der Waals surface area (Å²) in [7, 11) is 0. The predicted octanol–water partition coefficient (Wildman–Crippen LogP) is 2.85. The molecule has 0 aliphatic rings. The average Bonchev–Trinajstić information content (AvgIpc) is 2.46. The molecule has 0 spiro atoms. The zero-order chi connectivity index (χ0) is 14.6. The van der Waals surface area contributed by atoms with E-state index >= 15 is 0 Å². The van der Waals surface area contributed by atoms with Crippen LogP contribution in [0.5, 0.6) is 5.75 Å². The van der Waals surface area contributed by atoms with Crippen molar-refractivity contribution in [2.75, 3.05) is 32.8 Å². The van der Waals surface area contributed by atoms with Gasteiger partial charge in [-0.15, -0.1) is 13.2 Å². The molecule has 0 aliphatic carbocycles. The summed E-state index contributed by atoms with van der Waals surface area (Å²) in [5.74, 6) is 0.928. The van der Waals surface area contributed by atoms with Gasteiger partial charge < -0.3 is 10.1 Å². The summed E-state index contributed by atoms with van der Waals surface area (Å²) in [6.45, 7) is 14.8. The van der Waals surface area contributed by atoms with Gasteiger partial charge in [0.15, 0.2) is 0 Å². The molecule has 1 aromatic rings. The number of nitrogens with one attached hydrogen (secondary N) is 1. The maximum Gasteiger partial charge on any atom is 0.119 e. The highest BCUT2D eigenvalue weighted by molar-refractivity contribution is 5.28. The van der Waals surface area contributed by atoms with Crippen molar-refractivity contribution in [1.82, 2.24) is 10.2 Å². The first-order valence-electron chi connectivity index (χ1n) is 7.16. The molecule has 1 N–H and O–H groups in total. The number of nitrogens with zero attached hydrogens (tertiary/aromatic N) is 1. The van der Waals surface area contributed by atoms with Crippen LogP contribution in [0.4, 0.5) is 0 Å². The first-order chi connectivity index (χ1) is 9.80. The SMILES string of the molecule is C=CCN(CC=C)CCOc1cccc(CNCC)c1. The van der Waals surface area contributed by atoms with Gasteiger partial charge in [0.1, 0.15) is 12.4 Å². The minimum Gasteiger partial charge on any atom is -0.492 e. The van der Waals surface area contributed by atoms with Gasteiger partial charge in [0, 0.05) is 26.2 Å². The molecule has 1 rings (SSSR count). The molecule has 0 aromatic heterocycles. The third kappa shape index (κ3) is 6.55. The minimum absolute atomic E-state index is 0.673. The lowest BCUT2D eigenvalue weighted by atomic mass is 10.2. The number of ether oxygens (including phenoxy) is 1. The highest BCUT2D eigenvalue weighted by atomic mass is 16.5. The summed E-state index contributed by atoms with van der Waals surface area (Å²) in [5, 5.41) is 3.31. The van der Waals surface area contributed by atoms with Crippen LogP contribution >= 0.6 is 0 Å². The van der Waals surface area contributed by atoms with Gasteiger partial charge >= 0.3 is 0 Å². The van der Waals surface area contributed by atoms with Gasteiger partial charge in [-0.3, -0.25) is 4.90 Å². The van der Waals surface area contributed by atoms with Gasteiger partial charge in [0.05, 0.1) is 0 Å². The van der Waals surface area contributed by atoms with Gasteiger partial charge in [0.2, 0.25) is 0 Å². The average molecular weight is 274 g/mol. The van der Waals surface area contributed by atoms with Crippen LogP contribution < -0.4 is 10.1 Å². The predicted molar refractivity (Wildman–Crippen MR) is 86.2 cm³/mol. The van der Waals surface area contributed by atoms with Crippen molar-refractivity contribution in [2.45, 2.75) is 13.5 Å². The van der Waals surface area contributed by atoms with E-state index in [2.05, 4.69) is 42.4 Å². The Bertz CT molecular complexity index is 394. The Kier molecular flexibility index (Phi) is 8.43. The topological polar surface area (TPSA) is 24.5 Å². The number of hydrogen-bond donors (Lipinski definition) is 1. The molecule has 0 amide bonds. The van der Waals surface area contributed by atoms with E-state index in [0.717, 1.165) is 38.5 Å². The first-order valence-corrected chi connectivity index (χ1v) is 7.16. The lowest BCUT2D eigenvalue weighted by Gasteiger charge is -2.18. The second kappa shape index (κ2) is 10.2. The van der Waals surface area contributed by atoms with E-state index in [1.807, 2.05) is 24.3 Å². The fraction of sp³-hybridized carbons (Fsp3) is 0.412. The van der Waals surface area contributed by atoms with Crippen molar-refractivity contribution < 1.29 is 4.74 Å². The van der Waals surface area contributed by atoms with Gasteiger partial charge in [-0.1, -0.05) is 31.2 Å². The lowest BCUT2D eigenvalue weighted by molar-refractivity contribution is 0.236. The number of hydrogen-bond acceptors (Lipinski definition) is 3. The van der Waals surface area contributed by atoms with E-state index in [0.29, 0.717) is 6.61 Å². The summed E-state index contributed by atoms with van der Waals surface area (Å²) in [6.07, 6.45) is 3.81. The van der Waals surface area contributed by atoms with Crippen LogP contribution in [0.3, 0.4) is 0 Å². The molecule has 0 atom stereocenters. The fourth-order valence-corrected chi connectivity index (χ4v) is 1.93. The quantitative estimate of drug-likeness (QED) is 0.628. The van der Waals surface area contributed by atoms with Crippen LogP contribution in [-0.4, -0.2) is 37.7 Å². The molecule has 0 unspecified atom stereocenters. The molecule has 20 heavy (non-hydrogen) atoms. The molecule has 3 heteroatoms. The van der Waals surface area contributed by atoms with E-state index in [9.17, 15) is 0 Å². The molecule has 3 nitrogen and oxygen atoms in total. The highest BCUT2D eigenvalue weighted by Crippen LogP contribution is 2.13. The Morgan fingerprint density at radius 2 is 2.00 bits per heavy atom. The molecular weight excluding hydrogens is 248 g/mol. The Morgan fingerprint density at radius 1 is 1.25 bits per heavy atom. The summed E-state index contributed by atoms with van der Waals surface area (Å²) in [5.41, 5.74) is 1.25. The summed E-state index contributed by atoms with van der Waals surface area (Å²) in [4.78, 5) is 2.24. The standard InChI is InChI=1S/C17H26N2O/c1-4-10-19(11-5-2)12-13-20-17-9-7-8-16(14-17)15-18-6-3/h4-5,7-9,14,18H,1-2,6,10-13,15H2,3H3. The highest BCUT2D eigenvalue weighted by Gasteiger charge is 2.01. The van der Waals surface area contributed by atoms with Gasteiger partial charge in [-0.05, 0) is 24.2 Å². The van der Waals surface area contributed by atoms with E-state index in [1.165, 1.54) is 5.56 Å². The second-order valence-electron chi connectivity index (χ2n) is 4.61. The zero-order valence-corrected chi connectivity index (χ0v) is 12.5. The molecule has 0 bridgehead atoms. The zero-order valence-electron chi connectivity index (χ0n) is 12.5. The van der Waals surface area contributed by atoms with Crippen LogP contribution in [0.25, 0.3) is 0 Å². The van der Waals surface area contributed by atoms with Crippen molar-refractivity contribution in [3.05, 3.63) is 55.1 Å². The van der Waals surface area contributed by atoms with Crippen molar-refractivity contribution in [3.63, 3.8) is 0 Å². The molecule has 0 aliphatic heterocycles. The smallest absolute Gasteiger partial charge is 0.119 e. The van der Waals surface area contributed by atoms with Crippen LogP contribution in [-0.2, 0) is 6.54 Å². The van der Waals surface area contributed by atoms with Crippen LogP contribution in [0, 0.1) is 0 Å². The van der Waals surface area contributed by atoms with Gasteiger partial charge in [-0.2, -0.15) is 0 Å². The van der Waals surface area contributed by atoms with Crippen molar-refractivity contribution in [3.8, 4) is 5.75 Å². The molecule has 0 radical (unpaired) electrons. The molecule has 0 heterocycles. The third-order valence-electron chi connectivity index (χ3n) is 2.93. The number of benzene rings is 1. The van der Waals surface area contributed by atoms with E-state index in [4.69, 9.17) is 4.74 Å². The van der Waals surface area contributed by atoms with Gasteiger partial charge in [0.25, 0.3) is 0 Å². The lowest BCUT2D eigenvalue weighted by Crippen LogP contribution is -2.28.